The van der Waals surface area contributed by atoms with Crippen LogP contribution in [-0.4, -0.2) is 11.5 Å². The number of hydrogen-bond acceptors (Lipinski definition) is 3. The highest BCUT2D eigenvalue weighted by Crippen LogP contribution is 2.25. The van der Waals surface area contributed by atoms with Crippen LogP contribution in [0.2, 0.25) is 0 Å². The predicted molar refractivity (Wildman–Crippen MR) is 81.0 cm³/mol. The van der Waals surface area contributed by atoms with Crippen LogP contribution in [0.5, 0.6) is 0 Å². The third kappa shape index (κ3) is 3.64. The number of halogens is 1. The summed E-state index contributed by atoms with van der Waals surface area (Å²) >= 11 is 5.41. The smallest absolute Gasteiger partial charge is 0.0714 e. The van der Waals surface area contributed by atoms with Crippen LogP contribution in [0.15, 0.2) is 40.3 Å². The third-order valence-corrected chi connectivity index (χ3v) is 4.43. The summed E-state index contributed by atoms with van der Waals surface area (Å²) in [6.45, 7) is 3.09. The van der Waals surface area contributed by atoms with E-state index in [4.69, 9.17) is 0 Å². The fourth-order valence-corrected chi connectivity index (χ4v) is 3.23. The molecule has 0 aromatic carbocycles. The van der Waals surface area contributed by atoms with Gasteiger partial charge in [-0.15, -0.1) is 11.3 Å². The van der Waals surface area contributed by atoms with Gasteiger partial charge in [0.05, 0.1) is 11.7 Å². The van der Waals surface area contributed by atoms with Gasteiger partial charge in [-0.25, -0.2) is 0 Å². The van der Waals surface area contributed by atoms with Crippen molar-refractivity contribution >= 4 is 27.3 Å². The molecule has 2 rings (SSSR count). The van der Waals surface area contributed by atoms with E-state index in [-0.39, 0.29) is 0 Å². The van der Waals surface area contributed by atoms with Crippen molar-refractivity contribution in [2.75, 3.05) is 6.54 Å². The van der Waals surface area contributed by atoms with Gasteiger partial charge in [-0.3, -0.25) is 4.98 Å². The van der Waals surface area contributed by atoms with Crippen LogP contribution < -0.4 is 5.32 Å². The lowest BCUT2D eigenvalue weighted by Gasteiger charge is -2.18. The number of thiophene rings is 1. The molecule has 2 nitrogen and oxygen atoms in total. The second-order valence-electron chi connectivity index (χ2n) is 4.10. The fraction of sp³-hybridized carbons (Fsp3) is 0.357. The fourth-order valence-electron chi connectivity index (χ4n) is 1.98. The highest BCUT2D eigenvalue weighted by atomic mass is 79.9. The first-order valence-electron chi connectivity index (χ1n) is 6.17. The van der Waals surface area contributed by atoms with Gasteiger partial charge in [0, 0.05) is 15.5 Å². The number of aromatic nitrogens is 1. The summed E-state index contributed by atoms with van der Waals surface area (Å²) in [6.07, 6.45) is 4.03. The topological polar surface area (TPSA) is 24.9 Å². The Morgan fingerprint density at radius 3 is 2.94 bits per heavy atom. The van der Waals surface area contributed by atoms with Crippen molar-refractivity contribution in [3.8, 4) is 0 Å². The van der Waals surface area contributed by atoms with Gasteiger partial charge in [0.2, 0.25) is 0 Å². The molecule has 0 aliphatic rings. The van der Waals surface area contributed by atoms with Crippen LogP contribution >= 0.6 is 27.3 Å². The lowest BCUT2D eigenvalue weighted by Crippen LogP contribution is -2.22. The number of hydrogen-bond donors (Lipinski definition) is 1. The molecule has 0 fully saturated rings. The maximum Gasteiger partial charge on any atom is 0.0714 e. The van der Waals surface area contributed by atoms with Crippen molar-refractivity contribution < 1.29 is 0 Å². The minimum Gasteiger partial charge on any atom is -0.309 e. The molecule has 2 aromatic heterocycles. The molecule has 2 heterocycles. The number of nitrogens with zero attached hydrogens (tertiary/aromatic N) is 1. The number of rotatable bonds is 6. The van der Waals surface area contributed by atoms with Gasteiger partial charge in [-0.05, 0) is 58.9 Å². The Labute approximate surface area is 121 Å². The van der Waals surface area contributed by atoms with Crippen LogP contribution in [0.1, 0.15) is 30.0 Å². The molecule has 0 radical (unpaired) electrons. The predicted octanol–water partition coefficient (Wildman–Crippen LogP) is 4.19. The Kier molecular flexibility index (Phi) is 5.35. The van der Waals surface area contributed by atoms with Crippen molar-refractivity contribution in [2.45, 2.75) is 25.8 Å². The minimum atomic E-state index is 0.313. The molecule has 0 amide bonds. The largest absolute Gasteiger partial charge is 0.309 e. The van der Waals surface area contributed by atoms with Gasteiger partial charge in [-0.1, -0.05) is 13.0 Å². The molecule has 1 N–H and O–H groups in total. The van der Waals surface area contributed by atoms with Crippen molar-refractivity contribution in [1.82, 2.24) is 10.3 Å². The Balaban J connectivity index is 2.06. The first-order valence-corrected chi connectivity index (χ1v) is 7.84. The number of nitrogens with one attached hydrogen (secondary N) is 1. The monoisotopic (exact) mass is 324 g/mol. The molecule has 0 spiro atoms. The summed E-state index contributed by atoms with van der Waals surface area (Å²) in [7, 11) is 0. The van der Waals surface area contributed by atoms with Crippen LogP contribution in [0, 0.1) is 0 Å². The van der Waals surface area contributed by atoms with Gasteiger partial charge in [0.15, 0.2) is 0 Å². The van der Waals surface area contributed by atoms with Gasteiger partial charge in [-0.2, -0.15) is 0 Å². The Bertz CT molecular complexity index is 470. The van der Waals surface area contributed by atoms with Crippen molar-refractivity contribution in [1.29, 1.82) is 0 Å². The van der Waals surface area contributed by atoms with Crippen molar-refractivity contribution in [2.24, 2.45) is 0 Å². The van der Waals surface area contributed by atoms with E-state index in [9.17, 15) is 0 Å². The van der Waals surface area contributed by atoms with Crippen molar-refractivity contribution in [3.05, 3.63) is 50.9 Å². The van der Waals surface area contributed by atoms with E-state index in [2.05, 4.69) is 56.7 Å². The minimum absolute atomic E-state index is 0.313. The summed E-state index contributed by atoms with van der Waals surface area (Å²) < 4.78 is 1.09. The van der Waals surface area contributed by atoms with Gasteiger partial charge in [0.25, 0.3) is 0 Å². The summed E-state index contributed by atoms with van der Waals surface area (Å²) in [5.41, 5.74) is 1.11. The Hall–Kier alpha value is -0.710. The number of aryl methyl sites for hydroxylation is 1. The van der Waals surface area contributed by atoms with E-state index < -0.39 is 0 Å². The van der Waals surface area contributed by atoms with Gasteiger partial charge >= 0.3 is 0 Å². The van der Waals surface area contributed by atoms with Crippen LogP contribution in [-0.2, 0) is 6.42 Å². The molecule has 4 heteroatoms. The molecule has 96 valence electrons. The first kappa shape index (κ1) is 13.7. The average Bonchev–Trinajstić information content (AvgIpc) is 2.88. The molecule has 0 saturated carbocycles. The van der Waals surface area contributed by atoms with E-state index in [1.807, 2.05) is 23.6 Å². The lowest BCUT2D eigenvalue weighted by molar-refractivity contribution is 0.503. The summed E-state index contributed by atoms with van der Waals surface area (Å²) in [5, 5.41) is 5.65. The zero-order valence-electron chi connectivity index (χ0n) is 10.4. The van der Waals surface area contributed by atoms with Gasteiger partial charge < -0.3 is 5.32 Å². The van der Waals surface area contributed by atoms with Crippen LogP contribution in [0.4, 0.5) is 0 Å². The van der Waals surface area contributed by atoms with E-state index >= 15 is 0 Å². The zero-order valence-corrected chi connectivity index (χ0v) is 12.8. The van der Waals surface area contributed by atoms with Gasteiger partial charge in [0.1, 0.15) is 0 Å². The molecule has 0 aliphatic heterocycles. The lowest BCUT2D eigenvalue weighted by atomic mass is 10.1. The average molecular weight is 325 g/mol. The van der Waals surface area contributed by atoms with E-state index in [1.54, 1.807) is 0 Å². The SMILES string of the molecule is CCNC(CCc1cccs1)c1ncccc1Br. The third-order valence-electron chi connectivity index (χ3n) is 2.83. The van der Waals surface area contributed by atoms with Crippen LogP contribution in [0.25, 0.3) is 0 Å². The maximum absolute atomic E-state index is 4.49. The van der Waals surface area contributed by atoms with E-state index in [0.29, 0.717) is 6.04 Å². The first-order chi connectivity index (χ1) is 8.81. The second kappa shape index (κ2) is 7.02. The molecular formula is C14H17BrN2S. The molecule has 1 atom stereocenters. The zero-order chi connectivity index (χ0) is 12.8. The second-order valence-corrected chi connectivity index (χ2v) is 5.99. The Morgan fingerprint density at radius 1 is 1.39 bits per heavy atom. The normalized spacial score (nSPS) is 12.6. The maximum atomic E-state index is 4.49. The molecule has 0 bridgehead atoms. The Morgan fingerprint density at radius 2 is 2.28 bits per heavy atom. The molecule has 0 aliphatic carbocycles. The highest BCUT2D eigenvalue weighted by molar-refractivity contribution is 9.10. The molecule has 18 heavy (non-hydrogen) atoms. The molecule has 0 saturated heterocycles. The van der Waals surface area contributed by atoms with E-state index in [1.165, 1.54) is 4.88 Å². The standard InChI is InChI=1S/C14H17BrN2S/c1-2-16-13(8-7-11-5-4-10-18-11)14-12(15)6-3-9-17-14/h3-6,9-10,13,16H,2,7-8H2,1H3. The molecular weight excluding hydrogens is 308 g/mol. The molecule has 1 unspecified atom stereocenters. The summed E-state index contributed by atoms with van der Waals surface area (Å²) in [4.78, 5) is 5.93. The van der Waals surface area contributed by atoms with Crippen LogP contribution in [0.3, 0.4) is 0 Å². The van der Waals surface area contributed by atoms with Crippen molar-refractivity contribution in [3.63, 3.8) is 0 Å². The summed E-state index contributed by atoms with van der Waals surface area (Å²) in [6, 6.07) is 8.63. The highest BCUT2D eigenvalue weighted by Gasteiger charge is 2.14. The number of pyridine rings is 1. The quantitative estimate of drug-likeness (QED) is 0.861. The summed E-state index contributed by atoms with van der Waals surface area (Å²) in [5.74, 6) is 0. The molecule has 2 aromatic rings. The van der Waals surface area contributed by atoms with E-state index in [0.717, 1.165) is 29.6 Å².